The predicted octanol–water partition coefficient (Wildman–Crippen LogP) is 14.6. The Bertz CT molecular complexity index is 3200. The van der Waals surface area contributed by atoms with Crippen molar-refractivity contribution < 1.29 is 4.74 Å². The summed E-state index contributed by atoms with van der Waals surface area (Å²) in [7, 11) is 2.13. The number of fused-ring (bicyclic) bond motifs is 4. The van der Waals surface area contributed by atoms with Gasteiger partial charge < -0.3 is 14.5 Å². The fraction of sp³-hybridized carbons (Fsp3) is 0.241. The van der Waals surface area contributed by atoms with Crippen LogP contribution in [0.4, 0.5) is 17.1 Å². The van der Waals surface area contributed by atoms with Crippen LogP contribution in [0, 0.1) is 0 Å². The number of hydrogen-bond donors (Lipinski definition) is 0. The summed E-state index contributed by atoms with van der Waals surface area (Å²) >= 11 is 0. The van der Waals surface area contributed by atoms with Crippen molar-refractivity contribution in [2.75, 3.05) is 23.5 Å². The van der Waals surface area contributed by atoms with Gasteiger partial charge in [-0.25, -0.2) is 19.9 Å². The van der Waals surface area contributed by atoms with Crippen LogP contribution in [-0.4, -0.2) is 38.2 Å². The molecule has 0 amide bonds. The van der Waals surface area contributed by atoms with Gasteiger partial charge in [0.1, 0.15) is 17.3 Å². The largest absolute Gasteiger partial charge is 0.456 e. The highest BCUT2D eigenvalue weighted by atomic mass is 16.5. The maximum Gasteiger partial charge on any atom is 0.167 e. The van der Waals surface area contributed by atoms with Crippen LogP contribution < -0.4 is 14.5 Å². The van der Waals surface area contributed by atoms with Gasteiger partial charge in [-0.15, -0.1) is 0 Å². The SMILES string of the molecule is CN1CN(c2cccc(Oc3cc4c(cc3-c3nc(-c5ccc(C(C)(C)C)cc5)nc(-c5ccc(C(C)(C)C)cc5)n3)c3ccccc3n4-c3cc(C(C)(C)C)ccn3)c2)c2ccccc21. The highest BCUT2D eigenvalue weighted by Crippen LogP contribution is 2.44. The van der Waals surface area contributed by atoms with Crippen molar-refractivity contribution in [2.24, 2.45) is 0 Å². The lowest BCUT2D eigenvalue weighted by Crippen LogP contribution is -2.23. The van der Waals surface area contributed by atoms with E-state index in [-0.39, 0.29) is 16.2 Å². The first-order valence-electron chi connectivity index (χ1n) is 22.9. The monoisotopic (exact) mass is 867 g/mol. The average Bonchev–Trinajstić information content (AvgIpc) is 3.81. The number of ether oxygens (including phenoxy) is 1. The third-order valence-electron chi connectivity index (χ3n) is 12.8. The molecule has 0 radical (unpaired) electrons. The van der Waals surface area contributed by atoms with Crippen molar-refractivity contribution in [1.82, 2.24) is 24.5 Å². The summed E-state index contributed by atoms with van der Waals surface area (Å²) in [5.74, 6) is 3.84. The number of aromatic nitrogens is 5. The molecule has 1 aliphatic heterocycles. The number of rotatable bonds is 7. The molecule has 3 aromatic heterocycles. The molecule has 6 aromatic carbocycles. The van der Waals surface area contributed by atoms with Crippen LogP contribution in [0.3, 0.4) is 0 Å². The van der Waals surface area contributed by atoms with E-state index < -0.39 is 0 Å². The van der Waals surface area contributed by atoms with Crippen LogP contribution in [0.5, 0.6) is 11.5 Å². The average molecular weight is 868 g/mol. The van der Waals surface area contributed by atoms with Gasteiger partial charge in [0.25, 0.3) is 0 Å². The molecule has 4 heterocycles. The van der Waals surface area contributed by atoms with E-state index in [2.05, 4.69) is 223 Å². The Balaban J connectivity index is 1.21. The third kappa shape index (κ3) is 7.95. The molecular weight excluding hydrogens is 811 g/mol. The minimum absolute atomic E-state index is 0.00143. The molecule has 66 heavy (non-hydrogen) atoms. The first-order valence-corrected chi connectivity index (χ1v) is 22.9. The van der Waals surface area contributed by atoms with Crippen LogP contribution in [-0.2, 0) is 16.2 Å². The molecule has 330 valence electrons. The molecule has 0 unspecified atom stereocenters. The van der Waals surface area contributed by atoms with E-state index in [4.69, 9.17) is 24.7 Å². The lowest BCUT2D eigenvalue weighted by atomic mass is 9.86. The highest BCUT2D eigenvalue weighted by molar-refractivity contribution is 6.11. The smallest absolute Gasteiger partial charge is 0.167 e. The van der Waals surface area contributed by atoms with E-state index in [1.54, 1.807) is 0 Å². The molecule has 10 rings (SSSR count). The van der Waals surface area contributed by atoms with Gasteiger partial charge in [0.2, 0.25) is 0 Å². The van der Waals surface area contributed by atoms with Gasteiger partial charge in [-0.1, -0.05) is 147 Å². The lowest BCUT2D eigenvalue weighted by Gasteiger charge is -2.21. The lowest BCUT2D eigenvalue weighted by molar-refractivity contribution is 0.484. The fourth-order valence-corrected chi connectivity index (χ4v) is 8.94. The van der Waals surface area contributed by atoms with Crippen molar-refractivity contribution in [3.05, 3.63) is 168 Å². The number of benzene rings is 6. The minimum Gasteiger partial charge on any atom is -0.456 e. The predicted molar refractivity (Wildman–Crippen MR) is 273 cm³/mol. The van der Waals surface area contributed by atoms with Crippen molar-refractivity contribution >= 4 is 38.9 Å². The zero-order valence-corrected chi connectivity index (χ0v) is 39.7. The second-order valence-electron chi connectivity index (χ2n) is 20.7. The zero-order valence-electron chi connectivity index (χ0n) is 39.7. The van der Waals surface area contributed by atoms with Gasteiger partial charge in [0.05, 0.1) is 34.6 Å². The van der Waals surface area contributed by atoms with Crippen LogP contribution in [0.15, 0.2) is 152 Å². The van der Waals surface area contributed by atoms with E-state index in [0.717, 1.165) is 62.4 Å². The molecule has 0 spiro atoms. The van der Waals surface area contributed by atoms with E-state index in [9.17, 15) is 0 Å². The van der Waals surface area contributed by atoms with Crippen LogP contribution in [0.2, 0.25) is 0 Å². The highest BCUT2D eigenvalue weighted by Gasteiger charge is 2.26. The van der Waals surface area contributed by atoms with E-state index in [0.29, 0.717) is 29.0 Å². The normalized spacial score (nSPS) is 13.2. The van der Waals surface area contributed by atoms with Gasteiger partial charge in [0.15, 0.2) is 17.5 Å². The van der Waals surface area contributed by atoms with Gasteiger partial charge in [0, 0.05) is 53.0 Å². The second-order valence-corrected chi connectivity index (χ2v) is 20.7. The number of nitrogens with zero attached hydrogens (tertiary/aromatic N) is 7. The molecular formula is C58H57N7O. The molecule has 1 aliphatic rings. The third-order valence-corrected chi connectivity index (χ3v) is 12.8. The number of hydrogen-bond acceptors (Lipinski definition) is 7. The van der Waals surface area contributed by atoms with Crippen LogP contribution in [0.1, 0.15) is 79.0 Å². The van der Waals surface area contributed by atoms with Gasteiger partial charge in [-0.3, -0.25) is 4.57 Å². The summed E-state index contributed by atoms with van der Waals surface area (Å²) in [5, 5.41) is 2.13. The van der Waals surface area contributed by atoms with Gasteiger partial charge in [-0.2, -0.15) is 0 Å². The molecule has 0 bridgehead atoms. The molecule has 0 saturated heterocycles. The maximum atomic E-state index is 7.18. The molecule has 0 N–H and O–H groups in total. The quantitative estimate of drug-likeness (QED) is 0.158. The fourth-order valence-electron chi connectivity index (χ4n) is 8.94. The standard InChI is InChI=1S/C58H57N7O/c1-56(2,3)39-26-22-37(23-27-39)53-60-54(38-24-28-40(29-25-38)57(4,5)6)62-55(61-53)46-34-45-44-18-11-12-19-47(44)65(52-32-41(30-31-59-52)58(7,8)9)50(45)35-51(46)66-43-17-15-16-42(33-43)64-36-63(10)48-20-13-14-21-49(48)64/h11-35H,36H2,1-10H3. The van der Waals surface area contributed by atoms with Crippen LogP contribution in [0.25, 0.3) is 61.8 Å². The zero-order chi connectivity index (χ0) is 46.1. The Morgan fingerprint density at radius 3 is 1.73 bits per heavy atom. The Hall–Kier alpha value is -7.32. The van der Waals surface area contributed by atoms with Crippen molar-refractivity contribution in [2.45, 2.75) is 78.6 Å². The molecule has 0 atom stereocenters. The first kappa shape index (κ1) is 42.6. The summed E-state index contributed by atoms with van der Waals surface area (Å²) in [6, 6.07) is 51.2. The van der Waals surface area contributed by atoms with E-state index >= 15 is 0 Å². The summed E-state index contributed by atoms with van der Waals surface area (Å²) in [5.41, 5.74) is 11.6. The molecule has 0 saturated carbocycles. The molecule has 8 nitrogen and oxygen atoms in total. The Morgan fingerprint density at radius 2 is 1.09 bits per heavy atom. The Kier molecular flexibility index (Phi) is 10.3. The summed E-state index contributed by atoms with van der Waals surface area (Å²) in [6.07, 6.45) is 1.91. The van der Waals surface area contributed by atoms with Crippen molar-refractivity contribution in [3.63, 3.8) is 0 Å². The molecule has 8 heteroatoms. The Morgan fingerprint density at radius 1 is 0.500 bits per heavy atom. The number of anilines is 3. The van der Waals surface area contributed by atoms with Crippen molar-refractivity contribution in [3.8, 4) is 51.5 Å². The van der Waals surface area contributed by atoms with Crippen molar-refractivity contribution in [1.29, 1.82) is 0 Å². The minimum atomic E-state index is -0.0677. The Labute approximate surface area is 388 Å². The molecule has 9 aromatic rings. The van der Waals surface area contributed by atoms with Gasteiger partial charge in [-0.05, 0) is 81.5 Å². The molecule has 0 fully saturated rings. The number of para-hydroxylation sites is 3. The first-order chi connectivity index (χ1) is 31.5. The molecule has 0 aliphatic carbocycles. The summed E-state index contributed by atoms with van der Waals surface area (Å²) < 4.78 is 9.43. The van der Waals surface area contributed by atoms with E-state index in [1.807, 2.05) is 12.3 Å². The van der Waals surface area contributed by atoms with E-state index in [1.165, 1.54) is 22.4 Å². The maximum absolute atomic E-state index is 7.18. The summed E-state index contributed by atoms with van der Waals surface area (Å²) in [4.78, 5) is 25.4. The van der Waals surface area contributed by atoms with Crippen LogP contribution >= 0.6 is 0 Å². The number of pyridine rings is 1. The topological polar surface area (TPSA) is 72.2 Å². The van der Waals surface area contributed by atoms with Gasteiger partial charge >= 0.3 is 0 Å². The summed E-state index contributed by atoms with van der Waals surface area (Å²) in [6.45, 7) is 20.8. The second kappa shape index (κ2) is 16.0.